The standard InChI is InChI=1S/C28H37N7O3/c1-7-34-15-19(5)38-28-23(13-29-33(28)6)20-8-10-24-22(12-20)25(31-30-24)11-9-21-26(16-34)35(14-18(4)36)32-27(21)37-17(2)3/h8-13,17-19,36H,7,14-16H2,1-6H3,(H,30,31)/b11-9+/t18-,19+/m0/s1. The molecule has 2 bridgehead atoms. The highest BCUT2D eigenvalue weighted by atomic mass is 16.5. The van der Waals surface area contributed by atoms with Crippen molar-refractivity contribution in [2.24, 2.45) is 7.05 Å². The minimum atomic E-state index is -0.554. The van der Waals surface area contributed by atoms with Gasteiger partial charge in [0.15, 0.2) is 0 Å². The minimum absolute atomic E-state index is 0.0441. The molecule has 5 rings (SSSR count). The number of aromatic nitrogens is 6. The van der Waals surface area contributed by atoms with Crippen LogP contribution in [-0.4, -0.2) is 71.2 Å². The lowest BCUT2D eigenvalue weighted by Crippen LogP contribution is -2.35. The number of likely N-dealkylation sites (N-methyl/N-ethyl adjacent to an activating group) is 1. The second-order valence-corrected chi connectivity index (χ2v) is 10.3. The first-order chi connectivity index (χ1) is 18.2. The number of benzene rings is 1. The SMILES string of the molecule is CCN1Cc2c(c(OC(C)C)nn2C[C@H](C)O)/C=C/c2[nH]nc3ccc(cc23)-c2cnn(C)c2O[C@H](C)C1. The number of hydrogen-bond donors (Lipinski definition) is 2. The fourth-order valence-corrected chi connectivity index (χ4v) is 4.90. The predicted molar refractivity (Wildman–Crippen MR) is 148 cm³/mol. The third kappa shape index (κ3) is 5.19. The van der Waals surface area contributed by atoms with Gasteiger partial charge < -0.3 is 14.6 Å². The number of aromatic amines is 1. The molecular weight excluding hydrogens is 482 g/mol. The first kappa shape index (κ1) is 26.0. The van der Waals surface area contributed by atoms with Gasteiger partial charge in [-0.25, -0.2) is 4.68 Å². The molecule has 2 N–H and O–H groups in total. The monoisotopic (exact) mass is 519 g/mol. The van der Waals surface area contributed by atoms with Crippen LogP contribution in [0.3, 0.4) is 0 Å². The van der Waals surface area contributed by atoms with Gasteiger partial charge in [0.2, 0.25) is 11.8 Å². The van der Waals surface area contributed by atoms with E-state index < -0.39 is 6.10 Å². The van der Waals surface area contributed by atoms with Gasteiger partial charge in [-0.15, -0.1) is 5.10 Å². The first-order valence-electron chi connectivity index (χ1n) is 13.3. The van der Waals surface area contributed by atoms with E-state index in [9.17, 15) is 5.11 Å². The summed E-state index contributed by atoms with van der Waals surface area (Å²) in [6, 6.07) is 6.18. The molecule has 0 amide bonds. The summed E-state index contributed by atoms with van der Waals surface area (Å²) >= 11 is 0. The van der Waals surface area contributed by atoms with Gasteiger partial charge in [-0.05, 0) is 64.1 Å². The number of aryl methyl sites for hydroxylation is 1. The Bertz CT molecular complexity index is 1450. The molecule has 1 aromatic carbocycles. The van der Waals surface area contributed by atoms with Gasteiger partial charge in [0.25, 0.3) is 0 Å². The van der Waals surface area contributed by atoms with Crippen LogP contribution in [0.5, 0.6) is 11.8 Å². The Labute approximate surface area is 222 Å². The molecule has 10 heteroatoms. The second kappa shape index (κ2) is 10.6. The van der Waals surface area contributed by atoms with Crippen LogP contribution in [0.4, 0.5) is 0 Å². The number of aliphatic hydroxyl groups is 1. The molecule has 0 radical (unpaired) electrons. The van der Waals surface area contributed by atoms with Gasteiger partial charge in [-0.1, -0.05) is 13.0 Å². The number of aliphatic hydroxyl groups excluding tert-OH is 1. The van der Waals surface area contributed by atoms with E-state index in [4.69, 9.17) is 14.6 Å². The summed E-state index contributed by atoms with van der Waals surface area (Å²) < 4.78 is 16.3. The molecule has 4 heterocycles. The second-order valence-electron chi connectivity index (χ2n) is 10.3. The summed E-state index contributed by atoms with van der Waals surface area (Å²) in [5.41, 5.74) is 5.59. The lowest BCUT2D eigenvalue weighted by molar-refractivity contribution is 0.131. The summed E-state index contributed by atoms with van der Waals surface area (Å²) in [5.74, 6) is 1.29. The minimum Gasteiger partial charge on any atom is -0.473 e. The molecule has 0 saturated heterocycles. The van der Waals surface area contributed by atoms with Crippen LogP contribution in [0.1, 0.15) is 51.6 Å². The maximum Gasteiger partial charge on any atom is 0.240 e. The van der Waals surface area contributed by atoms with Crippen LogP contribution in [0.2, 0.25) is 0 Å². The van der Waals surface area contributed by atoms with Crippen LogP contribution in [0.25, 0.3) is 34.2 Å². The molecule has 0 aliphatic carbocycles. The van der Waals surface area contributed by atoms with Crippen LogP contribution in [-0.2, 0) is 20.1 Å². The number of ether oxygens (including phenoxy) is 2. The Kier molecular flexibility index (Phi) is 7.27. The van der Waals surface area contributed by atoms with Gasteiger partial charge in [0, 0.05) is 25.5 Å². The molecule has 4 aromatic rings. The van der Waals surface area contributed by atoms with Gasteiger partial charge in [0.05, 0.1) is 53.0 Å². The van der Waals surface area contributed by atoms with E-state index in [0.717, 1.165) is 51.4 Å². The van der Waals surface area contributed by atoms with Gasteiger partial charge >= 0.3 is 0 Å². The molecule has 1 aliphatic heterocycles. The molecule has 0 unspecified atom stereocenters. The maximum absolute atomic E-state index is 10.2. The van der Waals surface area contributed by atoms with Crippen molar-refractivity contribution in [2.75, 3.05) is 13.1 Å². The van der Waals surface area contributed by atoms with Crippen molar-refractivity contribution in [1.29, 1.82) is 0 Å². The Morgan fingerprint density at radius 1 is 1.24 bits per heavy atom. The highest BCUT2D eigenvalue weighted by Crippen LogP contribution is 2.34. The zero-order valence-electron chi connectivity index (χ0n) is 23.0. The molecule has 0 fully saturated rings. The van der Waals surface area contributed by atoms with Crippen molar-refractivity contribution in [3.8, 4) is 22.9 Å². The molecule has 10 nitrogen and oxygen atoms in total. The molecule has 202 valence electrons. The first-order valence-corrected chi connectivity index (χ1v) is 13.3. The number of rotatable bonds is 5. The average Bonchev–Trinajstić information content (AvgIpc) is 3.52. The zero-order valence-corrected chi connectivity index (χ0v) is 23.0. The highest BCUT2D eigenvalue weighted by Gasteiger charge is 2.24. The molecule has 2 atom stereocenters. The number of H-pyrrole nitrogens is 1. The van der Waals surface area contributed by atoms with Crippen LogP contribution < -0.4 is 9.47 Å². The van der Waals surface area contributed by atoms with Gasteiger partial charge in [0.1, 0.15) is 6.10 Å². The Morgan fingerprint density at radius 2 is 2.05 bits per heavy atom. The van der Waals surface area contributed by atoms with Crippen LogP contribution in [0.15, 0.2) is 24.4 Å². The van der Waals surface area contributed by atoms with Crippen molar-refractivity contribution < 1.29 is 14.6 Å². The highest BCUT2D eigenvalue weighted by molar-refractivity contribution is 5.93. The molecular formula is C28H37N7O3. The fourth-order valence-electron chi connectivity index (χ4n) is 4.90. The lowest BCUT2D eigenvalue weighted by atomic mass is 10.1. The quantitative estimate of drug-likeness (QED) is 0.409. The Hall–Kier alpha value is -3.63. The summed E-state index contributed by atoms with van der Waals surface area (Å²) in [7, 11) is 1.90. The molecule has 3 aromatic heterocycles. The largest absolute Gasteiger partial charge is 0.473 e. The van der Waals surface area contributed by atoms with E-state index in [0.29, 0.717) is 25.5 Å². The van der Waals surface area contributed by atoms with E-state index in [1.54, 1.807) is 11.6 Å². The number of hydrogen-bond acceptors (Lipinski definition) is 7. The third-order valence-corrected chi connectivity index (χ3v) is 6.69. The van der Waals surface area contributed by atoms with Crippen molar-refractivity contribution in [2.45, 2.75) is 66.0 Å². The van der Waals surface area contributed by atoms with E-state index in [-0.39, 0.29) is 12.2 Å². The van der Waals surface area contributed by atoms with Gasteiger partial charge in [-0.3, -0.25) is 14.7 Å². The molecule has 38 heavy (non-hydrogen) atoms. The van der Waals surface area contributed by atoms with Crippen molar-refractivity contribution in [1.82, 2.24) is 34.7 Å². The summed E-state index contributed by atoms with van der Waals surface area (Å²) in [4.78, 5) is 2.32. The molecule has 0 spiro atoms. The summed E-state index contributed by atoms with van der Waals surface area (Å²) in [6.07, 6.45) is 5.23. The number of fused-ring (bicyclic) bond motifs is 4. The van der Waals surface area contributed by atoms with Crippen LogP contribution in [0, 0.1) is 0 Å². The van der Waals surface area contributed by atoms with Crippen molar-refractivity contribution in [3.05, 3.63) is 41.3 Å². The lowest BCUT2D eigenvalue weighted by Gasteiger charge is -2.26. The summed E-state index contributed by atoms with van der Waals surface area (Å²) in [6.45, 7) is 12.5. The zero-order chi connectivity index (χ0) is 27.0. The summed E-state index contributed by atoms with van der Waals surface area (Å²) in [5, 5.41) is 28.2. The van der Waals surface area contributed by atoms with E-state index >= 15 is 0 Å². The smallest absolute Gasteiger partial charge is 0.240 e. The average molecular weight is 520 g/mol. The van der Waals surface area contributed by atoms with E-state index in [1.807, 2.05) is 50.0 Å². The van der Waals surface area contributed by atoms with Gasteiger partial charge in [-0.2, -0.15) is 10.2 Å². The topological polar surface area (TPSA) is 106 Å². The molecule has 1 aliphatic rings. The number of nitrogens with zero attached hydrogens (tertiary/aromatic N) is 6. The Balaban J connectivity index is 1.70. The Morgan fingerprint density at radius 3 is 2.79 bits per heavy atom. The van der Waals surface area contributed by atoms with E-state index in [1.165, 1.54) is 0 Å². The predicted octanol–water partition coefficient (Wildman–Crippen LogP) is 4.10. The fraction of sp³-hybridized carbons (Fsp3) is 0.464. The normalized spacial score (nSPS) is 18.1. The van der Waals surface area contributed by atoms with Crippen molar-refractivity contribution in [3.63, 3.8) is 0 Å². The van der Waals surface area contributed by atoms with Crippen molar-refractivity contribution >= 4 is 23.1 Å². The molecule has 0 saturated carbocycles. The van der Waals surface area contributed by atoms with E-state index in [2.05, 4.69) is 46.2 Å². The number of nitrogens with one attached hydrogen (secondary N) is 1. The third-order valence-electron chi connectivity index (χ3n) is 6.69. The maximum atomic E-state index is 10.2. The van der Waals surface area contributed by atoms with Crippen LogP contribution >= 0.6 is 0 Å².